The molecule has 1 amide bonds. The Kier molecular flexibility index (Phi) is 3.97. The number of para-hydroxylation sites is 1. The highest BCUT2D eigenvalue weighted by molar-refractivity contribution is 5.87. The molecule has 0 saturated heterocycles. The van der Waals surface area contributed by atoms with E-state index in [1.165, 1.54) is 30.8 Å². The van der Waals surface area contributed by atoms with Crippen LogP contribution in [0.3, 0.4) is 0 Å². The second kappa shape index (κ2) is 6.07. The summed E-state index contributed by atoms with van der Waals surface area (Å²) in [6.07, 6.45) is 1.33. The molecule has 1 aromatic heterocycles. The number of carbonyl (C=O) groups excluding carboxylic acids is 1. The Morgan fingerprint density at radius 3 is 2.81 bits per heavy atom. The molecule has 1 N–H and O–H groups in total. The number of ether oxygens (including phenoxy) is 1. The minimum absolute atomic E-state index is 0.229. The minimum atomic E-state index is -2.81. The number of alkyl halides is 2. The van der Waals surface area contributed by atoms with Gasteiger partial charge in [0.15, 0.2) is 11.4 Å². The fourth-order valence-corrected chi connectivity index (χ4v) is 3.76. The van der Waals surface area contributed by atoms with Crippen LogP contribution in [0.25, 0.3) is 0 Å². The first-order valence-corrected chi connectivity index (χ1v) is 8.77. The van der Waals surface area contributed by atoms with E-state index in [4.69, 9.17) is 4.74 Å². The third-order valence-electron chi connectivity index (χ3n) is 5.55. The Morgan fingerprint density at radius 1 is 1.38 bits per heavy atom. The first-order chi connectivity index (χ1) is 12.4. The molecule has 0 radical (unpaired) electrons. The van der Waals surface area contributed by atoms with Crippen molar-refractivity contribution in [2.45, 2.75) is 38.5 Å². The van der Waals surface area contributed by atoms with E-state index < -0.39 is 18.2 Å². The summed E-state index contributed by atoms with van der Waals surface area (Å²) < 4.78 is 32.2. The fourth-order valence-electron chi connectivity index (χ4n) is 3.76. The number of carbonyl (C=O) groups is 1. The molecule has 138 valence electrons. The first-order valence-electron chi connectivity index (χ1n) is 8.77. The standard InChI is InChI=1S/C19H21F2N3O2/c1-19(7-8-19)13-9-12(13)11-5-3-4-6-14(11)22-18(25)26-15-10-24(2)23-16(15)17(20)21/h3-6,10,12-13,17H,7-9H2,1-2H3,(H,22,25). The molecule has 2 fully saturated rings. The van der Waals surface area contributed by atoms with Crippen LogP contribution in [0.4, 0.5) is 19.3 Å². The van der Waals surface area contributed by atoms with Crippen LogP contribution >= 0.6 is 0 Å². The molecule has 0 aliphatic heterocycles. The van der Waals surface area contributed by atoms with E-state index in [1.807, 2.05) is 24.3 Å². The lowest BCUT2D eigenvalue weighted by molar-refractivity contribution is 0.141. The molecule has 1 heterocycles. The predicted octanol–water partition coefficient (Wildman–Crippen LogP) is 4.87. The van der Waals surface area contributed by atoms with E-state index in [-0.39, 0.29) is 5.75 Å². The Balaban J connectivity index is 1.47. The average molecular weight is 361 g/mol. The maximum absolute atomic E-state index is 13.0. The molecule has 2 atom stereocenters. The first kappa shape index (κ1) is 17.0. The topological polar surface area (TPSA) is 56.1 Å². The van der Waals surface area contributed by atoms with Crippen LogP contribution in [-0.4, -0.2) is 15.9 Å². The van der Waals surface area contributed by atoms with E-state index in [0.29, 0.717) is 22.9 Å². The molecular weight excluding hydrogens is 340 g/mol. The maximum atomic E-state index is 13.0. The van der Waals surface area contributed by atoms with Crippen molar-refractivity contribution in [3.05, 3.63) is 41.7 Å². The molecule has 0 spiro atoms. The van der Waals surface area contributed by atoms with Crippen molar-refractivity contribution in [2.24, 2.45) is 18.4 Å². The van der Waals surface area contributed by atoms with Gasteiger partial charge in [0.2, 0.25) is 0 Å². The van der Waals surface area contributed by atoms with Crippen LogP contribution in [-0.2, 0) is 7.05 Å². The highest BCUT2D eigenvalue weighted by Crippen LogP contribution is 2.67. The number of hydrogen-bond donors (Lipinski definition) is 1. The molecule has 0 bridgehead atoms. The highest BCUT2D eigenvalue weighted by atomic mass is 19.3. The lowest BCUT2D eigenvalue weighted by atomic mass is 9.98. The van der Waals surface area contributed by atoms with Crippen molar-refractivity contribution in [3.63, 3.8) is 0 Å². The van der Waals surface area contributed by atoms with Crippen LogP contribution in [0.15, 0.2) is 30.5 Å². The number of anilines is 1. The number of aromatic nitrogens is 2. The van der Waals surface area contributed by atoms with Gasteiger partial charge in [-0.25, -0.2) is 13.6 Å². The molecule has 2 unspecified atom stereocenters. The van der Waals surface area contributed by atoms with Gasteiger partial charge in [-0.15, -0.1) is 0 Å². The zero-order chi connectivity index (χ0) is 18.5. The highest BCUT2D eigenvalue weighted by Gasteiger charge is 2.56. The summed E-state index contributed by atoms with van der Waals surface area (Å²) in [5, 5.41) is 6.34. The molecule has 1 aromatic carbocycles. The van der Waals surface area contributed by atoms with Gasteiger partial charge < -0.3 is 4.74 Å². The van der Waals surface area contributed by atoms with E-state index in [2.05, 4.69) is 17.3 Å². The normalized spacial score (nSPS) is 23.0. The van der Waals surface area contributed by atoms with Gasteiger partial charge >= 0.3 is 6.09 Å². The number of amides is 1. The molecule has 7 heteroatoms. The Hall–Kier alpha value is -2.44. The van der Waals surface area contributed by atoms with Gasteiger partial charge in [-0.1, -0.05) is 25.1 Å². The lowest BCUT2D eigenvalue weighted by Crippen LogP contribution is -2.18. The predicted molar refractivity (Wildman–Crippen MR) is 92.4 cm³/mol. The zero-order valence-corrected chi connectivity index (χ0v) is 14.7. The van der Waals surface area contributed by atoms with E-state index >= 15 is 0 Å². The Labute approximate surface area is 150 Å². The lowest BCUT2D eigenvalue weighted by Gasteiger charge is -2.13. The second-order valence-electron chi connectivity index (χ2n) is 7.56. The molecule has 5 nitrogen and oxygen atoms in total. The molecule has 26 heavy (non-hydrogen) atoms. The summed E-state index contributed by atoms with van der Waals surface area (Å²) in [6.45, 7) is 2.32. The van der Waals surface area contributed by atoms with Crippen LogP contribution in [0.5, 0.6) is 5.75 Å². The number of halogens is 2. The summed E-state index contributed by atoms with van der Waals surface area (Å²) in [7, 11) is 1.50. The fraction of sp³-hybridized carbons (Fsp3) is 0.474. The van der Waals surface area contributed by atoms with Crippen LogP contribution in [0, 0.1) is 11.3 Å². The smallest absolute Gasteiger partial charge is 0.406 e. The zero-order valence-electron chi connectivity index (χ0n) is 14.7. The van der Waals surface area contributed by atoms with Gasteiger partial charge in [-0.2, -0.15) is 5.10 Å². The number of nitrogens with zero attached hydrogens (tertiary/aromatic N) is 2. The van der Waals surface area contributed by atoms with Crippen molar-refractivity contribution in [1.29, 1.82) is 0 Å². The number of benzene rings is 1. The summed E-state index contributed by atoms with van der Waals surface area (Å²) in [4.78, 5) is 12.2. The quantitative estimate of drug-likeness (QED) is 0.826. The van der Waals surface area contributed by atoms with E-state index in [0.717, 1.165) is 12.0 Å². The van der Waals surface area contributed by atoms with Gasteiger partial charge in [-0.3, -0.25) is 10.00 Å². The van der Waals surface area contributed by atoms with Gasteiger partial charge in [-0.05, 0) is 48.1 Å². The molecule has 2 aromatic rings. The summed E-state index contributed by atoms with van der Waals surface area (Å²) >= 11 is 0. The number of hydrogen-bond acceptors (Lipinski definition) is 3. The van der Waals surface area contributed by atoms with Crippen molar-refractivity contribution < 1.29 is 18.3 Å². The molecule has 4 rings (SSSR count). The number of aryl methyl sites for hydroxylation is 1. The maximum Gasteiger partial charge on any atom is 0.417 e. The van der Waals surface area contributed by atoms with Crippen molar-refractivity contribution >= 4 is 11.8 Å². The molecule has 2 aliphatic rings. The number of rotatable bonds is 5. The Morgan fingerprint density at radius 2 is 2.12 bits per heavy atom. The van der Waals surface area contributed by atoms with Crippen molar-refractivity contribution in [1.82, 2.24) is 9.78 Å². The van der Waals surface area contributed by atoms with Crippen LogP contribution in [0.2, 0.25) is 0 Å². The SMILES string of the molecule is Cn1cc(OC(=O)Nc2ccccc2C2CC2C2(C)CC2)c(C(F)F)n1. The van der Waals surface area contributed by atoms with E-state index in [1.54, 1.807) is 0 Å². The monoisotopic (exact) mass is 361 g/mol. The van der Waals surface area contributed by atoms with Gasteiger partial charge in [0.05, 0.1) is 6.20 Å². The molecular formula is C19H21F2N3O2. The summed E-state index contributed by atoms with van der Waals surface area (Å²) in [5.74, 6) is 0.867. The molecule has 2 saturated carbocycles. The average Bonchev–Trinajstić information content (AvgIpc) is 3.48. The third-order valence-corrected chi connectivity index (χ3v) is 5.55. The van der Waals surface area contributed by atoms with Gasteiger partial charge in [0, 0.05) is 12.7 Å². The van der Waals surface area contributed by atoms with Gasteiger partial charge in [0.25, 0.3) is 6.43 Å². The van der Waals surface area contributed by atoms with E-state index in [9.17, 15) is 13.6 Å². The van der Waals surface area contributed by atoms with Gasteiger partial charge in [0.1, 0.15) is 0 Å². The summed E-state index contributed by atoms with van der Waals surface area (Å²) in [5.41, 5.74) is 1.67. The number of nitrogens with one attached hydrogen (secondary N) is 1. The van der Waals surface area contributed by atoms with Crippen LogP contribution < -0.4 is 10.1 Å². The third kappa shape index (κ3) is 3.18. The Bertz CT molecular complexity index is 845. The second-order valence-corrected chi connectivity index (χ2v) is 7.56. The summed E-state index contributed by atoms with van der Waals surface area (Å²) in [6, 6.07) is 7.62. The van der Waals surface area contributed by atoms with Crippen LogP contribution in [0.1, 0.15) is 49.8 Å². The molecule has 2 aliphatic carbocycles. The minimum Gasteiger partial charge on any atom is -0.406 e. The largest absolute Gasteiger partial charge is 0.417 e. The van der Waals surface area contributed by atoms with Crippen molar-refractivity contribution in [2.75, 3.05) is 5.32 Å². The van der Waals surface area contributed by atoms with Crippen molar-refractivity contribution in [3.8, 4) is 5.75 Å².